The molecule has 0 aliphatic carbocycles. The Morgan fingerprint density at radius 2 is 1.61 bits per heavy atom. The maximum Gasteiger partial charge on any atom is 0.326 e. The Morgan fingerprint density at radius 3 is 2.12 bits per heavy atom. The lowest BCUT2D eigenvalue weighted by Crippen LogP contribution is -2.56. The molecule has 33 heavy (non-hydrogen) atoms. The number of carbonyl (C=O) groups is 4. The Hall–Kier alpha value is -3.14. The van der Waals surface area contributed by atoms with Gasteiger partial charge in [0, 0.05) is 0 Å². The lowest BCUT2D eigenvalue weighted by molar-refractivity contribution is -0.143. The molecule has 10 heteroatoms. The minimum absolute atomic E-state index is 0.0593. The first-order valence-electron chi connectivity index (χ1n) is 11.1. The SMILES string of the molecule is CCC(C)C(NC(=O)CNC(=O)C(N)Cc1ccc(O)cc1)C(=O)NC(CC(C)C)C(=O)O. The van der Waals surface area contributed by atoms with Gasteiger partial charge in [0.25, 0.3) is 0 Å². The Morgan fingerprint density at radius 1 is 1.00 bits per heavy atom. The number of phenolic OH excluding ortho intramolecular Hbond substituents is 1. The van der Waals surface area contributed by atoms with Crippen LogP contribution in [0.2, 0.25) is 0 Å². The molecule has 7 N–H and O–H groups in total. The van der Waals surface area contributed by atoms with E-state index >= 15 is 0 Å². The number of amides is 3. The second-order valence-electron chi connectivity index (χ2n) is 8.65. The summed E-state index contributed by atoms with van der Waals surface area (Å²) in [6.45, 7) is 6.95. The van der Waals surface area contributed by atoms with E-state index in [0.717, 1.165) is 5.56 Å². The van der Waals surface area contributed by atoms with Gasteiger partial charge in [-0.15, -0.1) is 0 Å². The number of carboxylic acid groups (broad SMARTS) is 1. The van der Waals surface area contributed by atoms with E-state index in [4.69, 9.17) is 5.73 Å². The van der Waals surface area contributed by atoms with Crippen molar-refractivity contribution in [3.05, 3.63) is 29.8 Å². The van der Waals surface area contributed by atoms with Crippen LogP contribution in [0.15, 0.2) is 24.3 Å². The second-order valence-corrected chi connectivity index (χ2v) is 8.65. The van der Waals surface area contributed by atoms with Crippen molar-refractivity contribution in [3.8, 4) is 5.75 Å². The molecule has 0 saturated carbocycles. The van der Waals surface area contributed by atoms with Crippen LogP contribution in [0.25, 0.3) is 0 Å². The van der Waals surface area contributed by atoms with E-state index in [9.17, 15) is 29.4 Å². The molecule has 0 aromatic heterocycles. The zero-order valence-electron chi connectivity index (χ0n) is 19.6. The first-order chi connectivity index (χ1) is 15.4. The fourth-order valence-corrected chi connectivity index (χ4v) is 3.16. The summed E-state index contributed by atoms with van der Waals surface area (Å²) in [6.07, 6.45) is 1.05. The summed E-state index contributed by atoms with van der Waals surface area (Å²) in [7, 11) is 0. The van der Waals surface area contributed by atoms with Gasteiger partial charge in [0.2, 0.25) is 17.7 Å². The van der Waals surface area contributed by atoms with Crippen molar-refractivity contribution in [2.45, 2.75) is 65.1 Å². The largest absolute Gasteiger partial charge is 0.508 e. The molecule has 0 bridgehead atoms. The van der Waals surface area contributed by atoms with Gasteiger partial charge in [-0.1, -0.05) is 46.2 Å². The van der Waals surface area contributed by atoms with Crippen molar-refractivity contribution in [2.75, 3.05) is 6.54 Å². The summed E-state index contributed by atoms with van der Waals surface area (Å²) in [5.74, 6) is -2.93. The number of nitrogens with one attached hydrogen (secondary N) is 3. The van der Waals surface area contributed by atoms with Gasteiger partial charge in [-0.25, -0.2) is 4.79 Å². The molecule has 1 rings (SSSR count). The highest BCUT2D eigenvalue weighted by Crippen LogP contribution is 2.12. The fraction of sp³-hybridized carbons (Fsp3) is 0.565. The lowest BCUT2D eigenvalue weighted by atomic mass is 9.97. The van der Waals surface area contributed by atoms with Crippen LogP contribution in [0.4, 0.5) is 0 Å². The number of aliphatic carboxylic acids is 1. The van der Waals surface area contributed by atoms with Gasteiger partial charge in [0.05, 0.1) is 12.6 Å². The summed E-state index contributed by atoms with van der Waals surface area (Å²) in [5.41, 5.74) is 6.64. The van der Waals surface area contributed by atoms with Crippen molar-refractivity contribution >= 4 is 23.7 Å². The highest BCUT2D eigenvalue weighted by molar-refractivity contribution is 5.92. The van der Waals surface area contributed by atoms with Crippen molar-refractivity contribution in [1.29, 1.82) is 0 Å². The number of rotatable bonds is 13. The molecule has 0 spiro atoms. The van der Waals surface area contributed by atoms with E-state index in [0.29, 0.717) is 6.42 Å². The van der Waals surface area contributed by atoms with E-state index in [1.54, 1.807) is 19.1 Å². The van der Waals surface area contributed by atoms with Crippen LogP contribution in [0, 0.1) is 11.8 Å². The monoisotopic (exact) mass is 464 g/mol. The number of phenols is 1. The molecule has 1 aromatic rings. The topological polar surface area (TPSA) is 171 Å². The van der Waals surface area contributed by atoms with Gasteiger partial charge in [0.1, 0.15) is 17.8 Å². The summed E-state index contributed by atoms with van der Waals surface area (Å²) in [5, 5.41) is 26.2. The second kappa shape index (κ2) is 13.4. The molecule has 0 radical (unpaired) electrons. The predicted octanol–water partition coefficient (Wildman–Crippen LogP) is 0.525. The standard InChI is InChI=1S/C23H36N4O6/c1-5-14(4)20(22(31)26-18(23(32)33)10-13(2)3)27-19(29)12-25-21(30)17(24)11-15-6-8-16(28)9-7-15/h6-9,13-14,17-18,20,28H,5,10-12,24H2,1-4H3,(H,25,30)(H,26,31)(H,27,29)(H,32,33). The zero-order valence-corrected chi connectivity index (χ0v) is 19.6. The highest BCUT2D eigenvalue weighted by Gasteiger charge is 2.30. The Labute approximate surface area is 194 Å². The predicted molar refractivity (Wildman–Crippen MR) is 123 cm³/mol. The zero-order chi connectivity index (χ0) is 25.1. The summed E-state index contributed by atoms with van der Waals surface area (Å²) in [6, 6.07) is 3.37. The molecule has 4 atom stereocenters. The van der Waals surface area contributed by atoms with E-state index in [1.165, 1.54) is 12.1 Å². The summed E-state index contributed by atoms with van der Waals surface area (Å²) >= 11 is 0. The molecule has 4 unspecified atom stereocenters. The van der Waals surface area contributed by atoms with Crippen molar-refractivity contribution in [2.24, 2.45) is 17.6 Å². The molecule has 10 nitrogen and oxygen atoms in total. The molecule has 0 aliphatic rings. The number of carboxylic acids is 1. The molecule has 0 saturated heterocycles. The maximum absolute atomic E-state index is 12.7. The van der Waals surface area contributed by atoms with Crippen molar-refractivity contribution in [3.63, 3.8) is 0 Å². The number of aromatic hydroxyl groups is 1. The molecule has 3 amide bonds. The normalized spacial score (nSPS) is 14.6. The van der Waals surface area contributed by atoms with Crippen LogP contribution in [-0.2, 0) is 25.6 Å². The Kier molecular flexibility index (Phi) is 11.3. The van der Waals surface area contributed by atoms with E-state index in [2.05, 4.69) is 16.0 Å². The van der Waals surface area contributed by atoms with Gasteiger partial charge < -0.3 is 31.9 Å². The van der Waals surface area contributed by atoms with Gasteiger partial charge in [-0.05, 0) is 42.4 Å². The summed E-state index contributed by atoms with van der Waals surface area (Å²) < 4.78 is 0. The third-order valence-electron chi connectivity index (χ3n) is 5.29. The van der Waals surface area contributed by atoms with Gasteiger partial charge >= 0.3 is 5.97 Å². The first-order valence-corrected chi connectivity index (χ1v) is 11.1. The van der Waals surface area contributed by atoms with Crippen molar-refractivity contribution in [1.82, 2.24) is 16.0 Å². The lowest BCUT2D eigenvalue weighted by Gasteiger charge is -2.26. The van der Waals surface area contributed by atoms with Gasteiger partial charge in [0.15, 0.2) is 0 Å². The number of benzene rings is 1. The van der Waals surface area contributed by atoms with Crippen LogP contribution < -0.4 is 21.7 Å². The molecule has 1 aromatic carbocycles. The first kappa shape index (κ1) is 27.9. The summed E-state index contributed by atoms with van der Waals surface area (Å²) in [4.78, 5) is 48.9. The minimum Gasteiger partial charge on any atom is -0.508 e. The molecule has 0 heterocycles. The van der Waals surface area contributed by atoms with E-state index in [1.807, 2.05) is 20.8 Å². The third kappa shape index (κ3) is 9.90. The highest BCUT2D eigenvalue weighted by atomic mass is 16.4. The minimum atomic E-state index is -1.14. The average Bonchev–Trinajstić information content (AvgIpc) is 2.75. The number of hydrogen-bond acceptors (Lipinski definition) is 6. The molecular formula is C23H36N4O6. The molecule has 0 fully saturated rings. The third-order valence-corrected chi connectivity index (χ3v) is 5.29. The number of nitrogens with two attached hydrogens (primary N) is 1. The van der Waals surface area contributed by atoms with Crippen molar-refractivity contribution < 1.29 is 29.4 Å². The average molecular weight is 465 g/mol. The maximum atomic E-state index is 12.7. The van der Waals surface area contributed by atoms with Crippen LogP contribution in [0.5, 0.6) is 5.75 Å². The number of carbonyl (C=O) groups excluding carboxylic acids is 3. The molecule has 184 valence electrons. The quantitative estimate of drug-likeness (QED) is 0.247. The fourth-order valence-electron chi connectivity index (χ4n) is 3.16. The molecule has 0 aliphatic heterocycles. The Bertz CT molecular complexity index is 812. The van der Waals surface area contributed by atoms with Crippen LogP contribution in [-0.4, -0.2) is 58.6 Å². The Balaban J connectivity index is 2.66. The smallest absolute Gasteiger partial charge is 0.326 e. The van der Waals surface area contributed by atoms with Crippen LogP contribution in [0.3, 0.4) is 0 Å². The van der Waals surface area contributed by atoms with Crippen LogP contribution in [0.1, 0.15) is 46.1 Å². The molecular weight excluding hydrogens is 428 g/mol. The number of hydrogen-bond donors (Lipinski definition) is 6. The van der Waals surface area contributed by atoms with Crippen LogP contribution >= 0.6 is 0 Å². The van der Waals surface area contributed by atoms with Gasteiger partial charge in [-0.3, -0.25) is 14.4 Å². The van der Waals surface area contributed by atoms with E-state index in [-0.39, 0.29) is 37.0 Å². The van der Waals surface area contributed by atoms with E-state index < -0.39 is 41.8 Å². The van der Waals surface area contributed by atoms with Gasteiger partial charge in [-0.2, -0.15) is 0 Å².